The van der Waals surface area contributed by atoms with Crippen LogP contribution >= 0.6 is 0 Å². The summed E-state index contributed by atoms with van der Waals surface area (Å²) in [5.74, 6) is 1.14. The molecule has 0 spiro atoms. The van der Waals surface area contributed by atoms with E-state index < -0.39 is 0 Å². The Bertz CT molecular complexity index is 654. The summed E-state index contributed by atoms with van der Waals surface area (Å²) in [4.78, 5) is 12.0. The molecule has 0 fully saturated rings. The van der Waals surface area contributed by atoms with Crippen LogP contribution < -0.4 is 5.43 Å². The summed E-state index contributed by atoms with van der Waals surface area (Å²) in [6.07, 6.45) is 0. The van der Waals surface area contributed by atoms with Crippen LogP contribution in [0.5, 0.6) is 5.75 Å². The molecule has 1 aromatic heterocycles. The highest BCUT2D eigenvalue weighted by Gasteiger charge is 2.12. The van der Waals surface area contributed by atoms with Gasteiger partial charge in [0.05, 0.1) is 11.3 Å². The number of nitrogens with zero attached hydrogens (tertiary/aromatic N) is 1. The van der Waals surface area contributed by atoms with E-state index >= 15 is 0 Å². The standard InChI is InChI=1S/C15H16N2O3/c1-9-8-14(11(3)20-9)15(19)17-16-10(2)12-4-6-13(18)7-5-12/h4-8,18H,1-3H3,(H,17,19). The van der Waals surface area contributed by atoms with Crippen molar-refractivity contribution in [2.24, 2.45) is 5.10 Å². The van der Waals surface area contributed by atoms with Crippen LogP contribution in [-0.2, 0) is 0 Å². The molecule has 0 saturated heterocycles. The smallest absolute Gasteiger partial charge is 0.274 e. The van der Waals surface area contributed by atoms with E-state index in [0.29, 0.717) is 22.8 Å². The van der Waals surface area contributed by atoms with Crippen molar-refractivity contribution in [3.63, 3.8) is 0 Å². The fourth-order valence-electron chi connectivity index (χ4n) is 1.82. The highest BCUT2D eigenvalue weighted by Crippen LogP contribution is 2.13. The molecular weight excluding hydrogens is 256 g/mol. The topological polar surface area (TPSA) is 74.8 Å². The normalized spacial score (nSPS) is 11.4. The van der Waals surface area contributed by atoms with E-state index in [0.717, 1.165) is 5.56 Å². The maximum absolute atomic E-state index is 12.0. The fraction of sp³-hybridized carbons (Fsp3) is 0.200. The van der Waals surface area contributed by atoms with E-state index in [1.807, 2.05) is 0 Å². The van der Waals surface area contributed by atoms with E-state index in [-0.39, 0.29) is 11.7 Å². The number of hydrogen-bond acceptors (Lipinski definition) is 4. The summed E-state index contributed by atoms with van der Waals surface area (Å²) >= 11 is 0. The molecule has 0 unspecified atom stereocenters. The molecule has 1 amide bonds. The number of furan rings is 1. The molecule has 1 heterocycles. The minimum Gasteiger partial charge on any atom is -0.508 e. The molecule has 0 bridgehead atoms. The summed E-state index contributed by atoms with van der Waals surface area (Å²) in [5.41, 5.74) is 4.44. The number of rotatable bonds is 3. The number of aromatic hydroxyl groups is 1. The van der Waals surface area contributed by atoms with E-state index in [9.17, 15) is 9.90 Å². The molecule has 104 valence electrons. The lowest BCUT2D eigenvalue weighted by atomic mass is 10.1. The molecule has 0 aliphatic heterocycles. The summed E-state index contributed by atoms with van der Waals surface area (Å²) in [6, 6.07) is 8.27. The van der Waals surface area contributed by atoms with Crippen LogP contribution in [0.1, 0.15) is 34.4 Å². The predicted molar refractivity (Wildman–Crippen MR) is 76.0 cm³/mol. The van der Waals surface area contributed by atoms with Crippen LogP contribution in [0.2, 0.25) is 0 Å². The van der Waals surface area contributed by atoms with Crippen molar-refractivity contribution in [1.82, 2.24) is 5.43 Å². The molecule has 0 aliphatic carbocycles. The molecule has 0 saturated carbocycles. The van der Waals surface area contributed by atoms with Crippen LogP contribution in [0.4, 0.5) is 0 Å². The Hall–Kier alpha value is -2.56. The highest BCUT2D eigenvalue weighted by molar-refractivity contribution is 6.01. The number of carbonyl (C=O) groups is 1. The Labute approximate surface area is 116 Å². The number of amides is 1. The van der Waals surface area contributed by atoms with E-state index in [2.05, 4.69) is 10.5 Å². The van der Waals surface area contributed by atoms with Gasteiger partial charge >= 0.3 is 0 Å². The largest absolute Gasteiger partial charge is 0.508 e. The molecule has 20 heavy (non-hydrogen) atoms. The lowest BCUT2D eigenvalue weighted by molar-refractivity contribution is 0.0953. The maximum Gasteiger partial charge on any atom is 0.274 e. The van der Waals surface area contributed by atoms with Gasteiger partial charge in [-0.05, 0) is 56.7 Å². The molecule has 5 heteroatoms. The molecular formula is C15H16N2O3. The van der Waals surface area contributed by atoms with Gasteiger partial charge in [0.1, 0.15) is 17.3 Å². The number of phenolic OH excluding ortho intramolecular Hbond substituents is 1. The Kier molecular flexibility index (Phi) is 3.89. The van der Waals surface area contributed by atoms with Crippen LogP contribution in [-0.4, -0.2) is 16.7 Å². The Balaban J connectivity index is 2.10. The van der Waals surface area contributed by atoms with Gasteiger partial charge in [0.2, 0.25) is 0 Å². The molecule has 5 nitrogen and oxygen atoms in total. The van der Waals surface area contributed by atoms with Gasteiger partial charge in [-0.15, -0.1) is 0 Å². The third-order valence-electron chi connectivity index (χ3n) is 2.90. The molecule has 0 atom stereocenters. The minimum atomic E-state index is -0.308. The minimum absolute atomic E-state index is 0.190. The van der Waals surface area contributed by atoms with Gasteiger partial charge in [-0.1, -0.05) is 0 Å². The summed E-state index contributed by atoms with van der Waals surface area (Å²) in [7, 11) is 0. The number of aryl methyl sites for hydroxylation is 2. The number of phenols is 1. The molecule has 0 radical (unpaired) electrons. The number of nitrogens with one attached hydrogen (secondary N) is 1. The highest BCUT2D eigenvalue weighted by atomic mass is 16.3. The lowest BCUT2D eigenvalue weighted by Gasteiger charge is -2.02. The third kappa shape index (κ3) is 3.06. The van der Waals surface area contributed by atoms with Crippen molar-refractivity contribution in [3.8, 4) is 5.75 Å². The second-order valence-corrected chi connectivity index (χ2v) is 4.51. The number of carbonyl (C=O) groups excluding carboxylic acids is 1. The van der Waals surface area contributed by atoms with Crippen LogP contribution in [0, 0.1) is 13.8 Å². The zero-order valence-corrected chi connectivity index (χ0v) is 11.6. The quantitative estimate of drug-likeness (QED) is 0.666. The van der Waals surface area contributed by atoms with E-state index in [1.165, 1.54) is 0 Å². The summed E-state index contributed by atoms with van der Waals surface area (Å²) in [6.45, 7) is 5.30. The predicted octanol–water partition coefficient (Wildman–Crippen LogP) is 2.76. The van der Waals surface area contributed by atoms with Crippen LogP contribution in [0.15, 0.2) is 39.9 Å². The van der Waals surface area contributed by atoms with Gasteiger partial charge in [-0.3, -0.25) is 4.79 Å². The molecule has 2 aromatic rings. The average molecular weight is 272 g/mol. The van der Waals surface area contributed by atoms with Gasteiger partial charge in [0, 0.05) is 0 Å². The number of hydrazone groups is 1. The first kappa shape index (κ1) is 13.9. The average Bonchev–Trinajstić information content (AvgIpc) is 2.75. The Morgan fingerprint density at radius 3 is 2.45 bits per heavy atom. The van der Waals surface area contributed by atoms with Gasteiger partial charge in [-0.2, -0.15) is 5.10 Å². The summed E-state index contributed by atoms with van der Waals surface area (Å²) < 4.78 is 5.30. The Morgan fingerprint density at radius 1 is 1.25 bits per heavy atom. The summed E-state index contributed by atoms with van der Waals surface area (Å²) in [5, 5.41) is 13.3. The zero-order valence-electron chi connectivity index (χ0n) is 11.6. The Morgan fingerprint density at radius 2 is 1.90 bits per heavy atom. The van der Waals surface area contributed by atoms with E-state index in [1.54, 1.807) is 51.1 Å². The van der Waals surface area contributed by atoms with Gasteiger partial charge < -0.3 is 9.52 Å². The second kappa shape index (κ2) is 5.61. The SMILES string of the molecule is CC(=NNC(=O)c1cc(C)oc1C)c1ccc(O)cc1. The van der Waals surface area contributed by atoms with Crippen LogP contribution in [0.3, 0.4) is 0 Å². The lowest BCUT2D eigenvalue weighted by Crippen LogP contribution is -2.19. The van der Waals surface area contributed by atoms with Crippen molar-refractivity contribution in [1.29, 1.82) is 0 Å². The van der Waals surface area contributed by atoms with Gasteiger partial charge in [-0.25, -0.2) is 5.43 Å². The zero-order chi connectivity index (χ0) is 14.7. The first-order chi connectivity index (χ1) is 9.47. The number of benzene rings is 1. The third-order valence-corrected chi connectivity index (χ3v) is 2.90. The van der Waals surface area contributed by atoms with Crippen molar-refractivity contribution in [2.75, 3.05) is 0 Å². The van der Waals surface area contributed by atoms with Gasteiger partial charge in [0.25, 0.3) is 5.91 Å². The molecule has 0 aliphatic rings. The van der Waals surface area contributed by atoms with Crippen LogP contribution in [0.25, 0.3) is 0 Å². The van der Waals surface area contributed by atoms with Gasteiger partial charge in [0.15, 0.2) is 0 Å². The fourth-order valence-corrected chi connectivity index (χ4v) is 1.82. The molecule has 2 rings (SSSR count). The monoisotopic (exact) mass is 272 g/mol. The number of hydrogen-bond donors (Lipinski definition) is 2. The van der Waals surface area contributed by atoms with Crippen molar-refractivity contribution in [2.45, 2.75) is 20.8 Å². The maximum atomic E-state index is 12.0. The van der Waals surface area contributed by atoms with E-state index in [4.69, 9.17) is 4.42 Å². The second-order valence-electron chi connectivity index (χ2n) is 4.51. The first-order valence-electron chi connectivity index (χ1n) is 6.18. The van der Waals surface area contributed by atoms with Crippen molar-refractivity contribution < 1.29 is 14.3 Å². The molecule has 1 aromatic carbocycles. The van der Waals surface area contributed by atoms with Crippen molar-refractivity contribution in [3.05, 3.63) is 53.0 Å². The van der Waals surface area contributed by atoms with Crippen molar-refractivity contribution >= 4 is 11.6 Å². The molecule has 2 N–H and O–H groups in total. The first-order valence-corrected chi connectivity index (χ1v) is 6.18.